The zero-order valence-electron chi connectivity index (χ0n) is 14.4. The highest BCUT2D eigenvalue weighted by atomic mass is 19.1. The number of rotatable bonds is 2. The third kappa shape index (κ3) is 2.18. The summed E-state index contributed by atoms with van der Waals surface area (Å²) in [6.07, 6.45) is 1.78. The summed E-state index contributed by atoms with van der Waals surface area (Å²) in [4.78, 5) is 4.63. The highest BCUT2D eigenvalue weighted by Gasteiger charge is 2.46. The van der Waals surface area contributed by atoms with Crippen LogP contribution in [0.1, 0.15) is 22.3 Å². The molecule has 5 rings (SSSR count). The van der Waals surface area contributed by atoms with Crippen molar-refractivity contribution in [3.8, 4) is 11.3 Å². The maximum Gasteiger partial charge on any atom is 0.123 e. The van der Waals surface area contributed by atoms with E-state index in [4.69, 9.17) is 0 Å². The van der Waals surface area contributed by atoms with Crippen LogP contribution in [0.25, 0.3) is 11.3 Å². The molecule has 0 N–H and O–H groups in total. The monoisotopic (exact) mass is 355 g/mol. The molecule has 4 aromatic rings. The first-order valence-electron chi connectivity index (χ1n) is 8.79. The van der Waals surface area contributed by atoms with E-state index >= 15 is 0 Å². The van der Waals surface area contributed by atoms with E-state index in [1.54, 1.807) is 30.5 Å². The molecule has 130 valence electrons. The number of hydrogen-bond acceptors (Lipinski definition) is 1. The van der Waals surface area contributed by atoms with Crippen molar-refractivity contribution in [2.45, 2.75) is 5.41 Å². The molecule has 0 saturated heterocycles. The molecule has 0 unspecified atom stereocenters. The van der Waals surface area contributed by atoms with Crippen molar-refractivity contribution in [3.05, 3.63) is 125 Å². The predicted molar refractivity (Wildman–Crippen MR) is 101 cm³/mol. The molecule has 0 fully saturated rings. The van der Waals surface area contributed by atoms with E-state index in [2.05, 4.69) is 23.2 Å². The van der Waals surface area contributed by atoms with Gasteiger partial charge in [0.25, 0.3) is 0 Å². The van der Waals surface area contributed by atoms with Gasteiger partial charge in [0.1, 0.15) is 11.6 Å². The summed E-state index contributed by atoms with van der Waals surface area (Å²) in [5.74, 6) is -0.573. The van der Waals surface area contributed by atoms with E-state index in [9.17, 15) is 8.78 Å². The quantitative estimate of drug-likeness (QED) is 0.394. The smallest absolute Gasteiger partial charge is 0.123 e. The molecule has 0 atom stereocenters. The Morgan fingerprint density at radius 2 is 1.15 bits per heavy atom. The first kappa shape index (κ1) is 15.9. The maximum absolute atomic E-state index is 13.7. The molecule has 1 aromatic heterocycles. The van der Waals surface area contributed by atoms with Crippen LogP contribution in [-0.2, 0) is 5.41 Å². The number of nitrogens with zero attached hydrogens (tertiary/aromatic N) is 1. The fourth-order valence-electron chi connectivity index (χ4n) is 4.27. The molecule has 1 aliphatic carbocycles. The molecule has 1 aliphatic rings. The van der Waals surface area contributed by atoms with Gasteiger partial charge >= 0.3 is 0 Å². The zero-order chi connectivity index (χ0) is 18.4. The summed E-state index contributed by atoms with van der Waals surface area (Å²) in [7, 11) is 0. The predicted octanol–water partition coefficient (Wildman–Crippen LogP) is 5.72. The summed E-state index contributed by atoms with van der Waals surface area (Å²) in [5, 5.41) is 0. The molecule has 0 radical (unpaired) electrons. The minimum atomic E-state index is -0.665. The standard InChI is InChI=1S/C24H15F2N/c25-18-11-7-16(8-12-18)24(17-9-13-19(26)14-10-17)21-5-2-1-4-20(21)23-22(24)6-3-15-27-23/h1-15H. The van der Waals surface area contributed by atoms with Crippen LogP contribution >= 0.6 is 0 Å². The third-order valence-electron chi connectivity index (χ3n) is 5.35. The van der Waals surface area contributed by atoms with Crippen LogP contribution in [0.2, 0.25) is 0 Å². The lowest BCUT2D eigenvalue weighted by atomic mass is 9.68. The van der Waals surface area contributed by atoms with E-state index in [0.717, 1.165) is 33.5 Å². The van der Waals surface area contributed by atoms with Gasteiger partial charge < -0.3 is 0 Å². The van der Waals surface area contributed by atoms with E-state index in [1.165, 1.54) is 24.3 Å². The summed E-state index contributed by atoms with van der Waals surface area (Å²) in [5.41, 5.74) is 5.22. The SMILES string of the molecule is Fc1ccc(C2(c3ccc(F)cc3)c3ccccc3-c3ncccc32)cc1. The van der Waals surface area contributed by atoms with Gasteiger partial charge in [0.2, 0.25) is 0 Å². The molecule has 1 nitrogen and oxygen atoms in total. The van der Waals surface area contributed by atoms with E-state index in [0.29, 0.717) is 0 Å². The Hall–Kier alpha value is -3.33. The van der Waals surface area contributed by atoms with Crippen molar-refractivity contribution in [1.82, 2.24) is 4.98 Å². The van der Waals surface area contributed by atoms with Crippen LogP contribution < -0.4 is 0 Å². The summed E-state index contributed by atoms with van der Waals surface area (Å²) in [6.45, 7) is 0. The minimum absolute atomic E-state index is 0.286. The molecule has 0 saturated carbocycles. The minimum Gasteiger partial charge on any atom is -0.256 e. The van der Waals surface area contributed by atoms with Crippen LogP contribution in [-0.4, -0.2) is 4.98 Å². The second-order valence-corrected chi connectivity index (χ2v) is 6.71. The van der Waals surface area contributed by atoms with Crippen molar-refractivity contribution in [3.63, 3.8) is 0 Å². The van der Waals surface area contributed by atoms with Crippen molar-refractivity contribution in [1.29, 1.82) is 0 Å². The van der Waals surface area contributed by atoms with E-state index < -0.39 is 5.41 Å². The van der Waals surface area contributed by atoms with Crippen LogP contribution in [0.4, 0.5) is 8.78 Å². The van der Waals surface area contributed by atoms with Gasteiger partial charge in [0.15, 0.2) is 0 Å². The zero-order valence-corrected chi connectivity index (χ0v) is 14.4. The molecule has 0 bridgehead atoms. The van der Waals surface area contributed by atoms with Gasteiger partial charge in [-0.25, -0.2) is 8.78 Å². The van der Waals surface area contributed by atoms with E-state index in [1.807, 2.05) is 18.2 Å². The van der Waals surface area contributed by atoms with Crippen molar-refractivity contribution < 1.29 is 8.78 Å². The average Bonchev–Trinajstić information content (AvgIpc) is 3.01. The summed E-state index contributed by atoms with van der Waals surface area (Å²) >= 11 is 0. The van der Waals surface area contributed by atoms with Gasteiger partial charge in [0, 0.05) is 11.8 Å². The molecule has 0 amide bonds. The third-order valence-corrected chi connectivity index (χ3v) is 5.35. The number of halogens is 2. The first-order valence-corrected chi connectivity index (χ1v) is 8.79. The highest BCUT2D eigenvalue weighted by molar-refractivity contribution is 5.83. The van der Waals surface area contributed by atoms with Crippen molar-refractivity contribution >= 4 is 0 Å². The van der Waals surface area contributed by atoms with Crippen molar-refractivity contribution in [2.24, 2.45) is 0 Å². The second-order valence-electron chi connectivity index (χ2n) is 6.71. The Kier molecular flexibility index (Phi) is 3.44. The lowest BCUT2D eigenvalue weighted by Gasteiger charge is -2.33. The fraction of sp³-hybridized carbons (Fsp3) is 0.0417. The van der Waals surface area contributed by atoms with Gasteiger partial charge in [-0.2, -0.15) is 0 Å². The lowest BCUT2D eigenvalue weighted by Crippen LogP contribution is -2.28. The number of hydrogen-bond donors (Lipinski definition) is 0. The average molecular weight is 355 g/mol. The van der Waals surface area contributed by atoms with Crippen LogP contribution in [0, 0.1) is 11.6 Å². The Balaban J connectivity index is 1.94. The number of pyridine rings is 1. The molecule has 3 aromatic carbocycles. The van der Waals surface area contributed by atoms with Gasteiger partial charge in [-0.1, -0.05) is 54.6 Å². The van der Waals surface area contributed by atoms with Crippen LogP contribution in [0.3, 0.4) is 0 Å². The van der Waals surface area contributed by atoms with Crippen molar-refractivity contribution in [2.75, 3.05) is 0 Å². The van der Waals surface area contributed by atoms with Gasteiger partial charge in [0.05, 0.1) is 11.1 Å². The van der Waals surface area contributed by atoms with Gasteiger partial charge in [-0.3, -0.25) is 4.98 Å². The molecular formula is C24H15F2N. The fourth-order valence-corrected chi connectivity index (χ4v) is 4.27. The Bertz CT molecular complexity index is 1040. The second kappa shape index (κ2) is 5.85. The van der Waals surface area contributed by atoms with Gasteiger partial charge in [-0.05, 0) is 52.6 Å². The summed E-state index contributed by atoms with van der Waals surface area (Å²) < 4.78 is 27.4. The Morgan fingerprint density at radius 3 is 1.78 bits per heavy atom. The number of benzene rings is 3. The van der Waals surface area contributed by atoms with E-state index in [-0.39, 0.29) is 11.6 Å². The number of aromatic nitrogens is 1. The van der Waals surface area contributed by atoms with Crippen LogP contribution in [0.5, 0.6) is 0 Å². The Morgan fingerprint density at radius 1 is 0.593 bits per heavy atom. The lowest BCUT2D eigenvalue weighted by molar-refractivity contribution is 0.622. The van der Waals surface area contributed by atoms with Gasteiger partial charge in [-0.15, -0.1) is 0 Å². The topological polar surface area (TPSA) is 12.9 Å². The largest absolute Gasteiger partial charge is 0.256 e. The molecule has 0 spiro atoms. The first-order chi connectivity index (χ1) is 13.2. The normalized spacial score (nSPS) is 13.9. The summed E-state index contributed by atoms with van der Waals surface area (Å²) in [6, 6.07) is 25.2. The molecule has 1 heterocycles. The highest BCUT2D eigenvalue weighted by Crippen LogP contribution is 2.55. The molecular weight excluding hydrogens is 340 g/mol. The number of fused-ring (bicyclic) bond motifs is 3. The molecule has 27 heavy (non-hydrogen) atoms. The Labute approximate surface area is 156 Å². The molecule has 3 heteroatoms. The molecule has 0 aliphatic heterocycles. The maximum atomic E-state index is 13.7. The van der Waals surface area contributed by atoms with Crippen LogP contribution in [0.15, 0.2) is 91.1 Å².